The minimum absolute atomic E-state index is 0.246. The number of furan rings is 1. The number of nitrogens with one attached hydrogen (secondary N) is 1. The van der Waals surface area contributed by atoms with Crippen molar-refractivity contribution in [1.29, 1.82) is 0 Å². The number of hydrogen-bond acceptors (Lipinski definition) is 5. The molecule has 1 N–H and O–H groups in total. The van der Waals surface area contributed by atoms with Crippen molar-refractivity contribution in [2.75, 3.05) is 5.32 Å². The van der Waals surface area contributed by atoms with Gasteiger partial charge in [0.15, 0.2) is 16.5 Å². The summed E-state index contributed by atoms with van der Waals surface area (Å²) in [7, 11) is 0. The molecular weight excluding hydrogens is 358 g/mol. The Balaban J connectivity index is 1.40. The molecule has 0 aliphatic rings. The second-order valence-electron chi connectivity index (χ2n) is 6.02. The first-order valence-electron chi connectivity index (χ1n) is 8.38. The molecule has 5 aromatic rings. The summed E-state index contributed by atoms with van der Waals surface area (Å²) >= 11 is 1.54. The molecule has 130 valence electrons. The first-order chi connectivity index (χ1) is 13.3. The number of pyridine rings is 1. The number of hydrogen-bond donors (Lipinski definition) is 1. The van der Waals surface area contributed by atoms with Gasteiger partial charge in [-0.05, 0) is 48.5 Å². The van der Waals surface area contributed by atoms with Crippen LogP contribution in [0.25, 0.3) is 31.9 Å². The Bertz CT molecular complexity index is 1260. The smallest absolute Gasteiger partial charge is 0.291 e. The Morgan fingerprint density at radius 3 is 2.81 bits per heavy atom. The van der Waals surface area contributed by atoms with Gasteiger partial charge in [-0.15, -0.1) is 11.3 Å². The molecular formula is C21H13N3O2S. The van der Waals surface area contributed by atoms with Crippen LogP contribution in [0.3, 0.4) is 0 Å². The standard InChI is InChI=1S/C21H13N3O2S/c25-20(23-14-7-8-15-13(12-14)4-3-11-22-15)17-9-10-18(26-17)21-24-16-5-1-2-6-19(16)27-21/h1-12H,(H,23,25). The highest BCUT2D eigenvalue weighted by Crippen LogP contribution is 2.31. The van der Waals surface area contributed by atoms with Crippen molar-refractivity contribution in [1.82, 2.24) is 9.97 Å². The molecule has 0 aliphatic heterocycles. The lowest BCUT2D eigenvalue weighted by Gasteiger charge is -2.04. The van der Waals surface area contributed by atoms with Crippen molar-refractivity contribution in [3.8, 4) is 10.8 Å². The maximum atomic E-state index is 12.5. The van der Waals surface area contributed by atoms with E-state index in [2.05, 4.69) is 15.3 Å². The van der Waals surface area contributed by atoms with Crippen molar-refractivity contribution in [2.24, 2.45) is 0 Å². The third-order valence-corrected chi connectivity index (χ3v) is 5.25. The Morgan fingerprint density at radius 2 is 1.89 bits per heavy atom. The van der Waals surface area contributed by atoms with Crippen molar-refractivity contribution in [2.45, 2.75) is 0 Å². The second kappa shape index (κ2) is 6.34. The van der Waals surface area contributed by atoms with E-state index in [1.807, 2.05) is 54.6 Å². The zero-order chi connectivity index (χ0) is 18.2. The number of carbonyl (C=O) groups is 1. The van der Waals surface area contributed by atoms with Crippen LogP contribution in [0.2, 0.25) is 0 Å². The van der Waals surface area contributed by atoms with Crippen LogP contribution in [0.15, 0.2) is 77.3 Å². The summed E-state index contributed by atoms with van der Waals surface area (Å²) in [5.74, 6) is 0.533. The van der Waals surface area contributed by atoms with Gasteiger partial charge in [0.25, 0.3) is 5.91 Å². The highest BCUT2D eigenvalue weighted by molar-refractivity contribution is 7.21. The average molecular weight is 371 g/mol. The summed E-state index contributed by atoms with van der Waals surface area (Å²) < 4.78 is 6.83. The number of benzene rings is 2. The zero-order valence-corrected chi connectivity index (χ0v) is 14.9. The van der Waals surface area contributed by atoms with Crippen molar-refractivity contribution >= 4 is 44.1 Å². The molecule has 3 heterocycles. The van der Waals surface area contributed by atoms with Crippen LogP contribution in [0.1, 0.15) is 10.6 Å². The van der Waals surface area contributed by atoms with E-state index in [9.17, 15) is 4.79 Å². The van der Waals surface area contributed by atoms with Gasteiger partial charge in [-0.1, -0.05) is 18.2 Å². The Labute approximate surface area is 158 Å². The predicted molar refractivity (Wildman–Crippen MR) is 107 cm³/mol. The highest BCUT2D eigenvalue weighted by Gasteiger charge is 2.15. The number of para-hydroxylation sites is 1. The molecule has 5 nitrogen and oxygen atoms in total. The first kappa shape index (κ1) is 15.7. The summed E-state index contributed by atoms with van der Waals surface area (Å²) in [6.45, 7) is 0. The van der Waals surface area contributed by atoms with E-state index in [1.165, 1.54) is 11.3 Å². The predicted octanol–water partition coefficient (Wildman–Crippen LogP) is 5.36. The van der Waals surface area contributed by atoms with Gasteiger partial charge in [-0.25, -0.2) is 4.98 Å². The monoisotopic (exact) mass is 371 g/mol. The van der Waals surface area contributed by atoms with Crippen molar-refractivity contribution < 1.29 is 9.21 Å². The van der Waals surface area contributed by atoms with Crippen molar-refractivity contribution in [3.05, 3.63) is 78.7 Å². The average Bonchev–Trinajstić information content (AvgIpc) is 3.35. The molecule has 0 fully saturated rings. The third-order valence-electron chi connectivity index (χ3n) is 4.20. The van der Waals surface area contributed by atoms with Crippen LogP contribution < -0.4 is 5.32 Å². The van der Waals surface area contributed by atoms with Crippen LogP contribution in [-0.2, 0) is 0 Å². The molecule has 0 saturated carbocycles. The van der Waals surface area contributed by atoms with Crippen LogP contribution in [0.4, 0.5) is 5.69 Å². The lowest BCUT2D eigenvalue weighted by Crippen LogP contribution is -2.10. The Morgan fingerprint density at radius 1 is 0.963 bits per heavy atom. The highest BCUT2D eigenvalue weighted by atomic mass is 32.1. The fraction of sp³-hybridized carbons (Fsp3) is 0. The summed E-state index contributed by atoms with van der Waals surface area (Å²) in [6.07, 6.45) is 1.74. The summed E-state index contributed by atoms with van der Waals surface area (Å²) in [6, 6.07) is 20.7. The van der Waals surface area contributed by atoms with Gasteiger partial charge >= 0.3 is 0 Å². The molecule has 27 heavy (non-hydrogen) atoms. The van der Waals surface area contributed by atoms with E-state index in [0.717, 1.165) is 26.1 Å². The largest absolute Gasteiger partial charge is 0.448 e. The SMILES string of the molecule is O=C(Nc1ccc2ncccc2c1)c1ccc(-c2nc3ccccc3s2)o1. The maximum absolute atomic E-state index is 12.5. The van der Waals surface area contributed by atoms with Crippen LogP contribution in [-0.4, -0.2) is 15.9 Å². The van der Waals surface area contributed by atoms with Gasteiger partial charge in [0, 0.05) is 17.3 Å². The Hall–Kier alpha value is -3.51. The van der Waals surface area contributed by atoms with Crippen LogP contribution in [0, 0.1) is 0 Å². The summed E-state index contributed by atoms with van der Waals surface area (Å²) in [5, 5.41) is 4.58. The number of rotatable bonds is 3. The molecule has 0 atom stereocenters. The normalized spacial score (nSPS) is 11.1. The van der Waals surface area contributed by atoms with E-state index in [-0.39, 0.29) is 11.7 Å². The minimum Gasteiger partial charge on any atom is -0.448 e. The fourth-order valence-corrected chi connectivity index (χ4v) is 3.83. The molecule has 3 aromatic heterocycles. The fourth-order valence-electron chi connectivity index (χ4n) is 2.90. The van der Waals surface area contributed by atoms with Gasteiger partial charge < -0.3 is 9.73 Å². The lowest BCUT2D eigenvalue weighted by molar-refractivity contribution is 0.0997. The van der Waals surface area contributed by atoms with Crippen LogP contribution >= 0.6 is 11.3 Å². The number of carbonyl (C=O) groups excluding carboxylic acids is 1. The molecule has 2 aromatic carbocycles. The molecule has 0 aliphatic carbocycles. The molecule has 0 bridgehead atoms. The molecule has 0 radical (unpaired) electrons. The molecule has 0 unspecified atom stereocenters. The summed E-state index contributed by atoms with van der Waals surface area (Å²) in [4.78, 5) is 21.4. The lowest BCUT2D eigenvalue weighted by atomic mass is 10.2. The van der Waals surface area contributed by atoms with Gasteiger partial charge in [0.1, 0.15) is 0 Å². The topological polar surface area (TPSA) is 68.0 Å². The molecule has 5 rings (SSSR count). The number of anilines is 1. The van der Waals surface area contributed by atoms with E-state index in [0.29, 0.717) is 11.4 Å². The number of aromatic nitrogens is 2. The number of amides is 1. The minimum atomic E-state index is -0.300. The molecule has 6 heteroatoms. The number of thiazole rings is 1. The van der Waals surface area contributed by atoms with Crippen LogP contribution in [0.5, 0.6) is 0 Å². The Kier molecular flexibility index (Phi) is 3.69. The van der Waals surface area contributed by atoms with E-state index in [4.69, 9.17) is 4.42 Å². The van der Waals surface area contributed by atoms with Gasteiger partial charge in [0.05, 0.1) is 15.7 Å². The molecule has 0 saturated heterocycles. The van der Waals surface area contributed by atoms with E-state index >= 15 is 0 Å². The van der Waals surface area contributed by atoms with E-state index in [1.54, 1.807) is 18.3 Å². The van der Waals surface area contributed by atoms with Gasteiger partial charge in [-0.2, -0.15) is 0 Å². The quantitative estimate of drug-likeness (QED) is 0.464. The third kappa shape index (κ3) is 2.96. The van der Waals surface area contributed by atoms with E-state index < -0.39 is 0 Å². The summed E-state index contributed by atoms with van der Waals surface area (Å²) in [5.41, 5.74) is 2.50. The number of fused-ring (bicyclic) bond motifs is 2. The van der Waals surface area contributed by atoms with Crippen molar-refractivity contribution in [3.63, 3.8) is 0 Å². The van der Waals surface area contributed by atoms with Gasteiger partial charge in [-0.3, -0.25) is 9.78 Å². The maximum Gasteiger partial charge on any atom is 0.291 e. The zero-order valence-electron chi connectivity index (χ0n) is 14.0. The second-order valence-corrected chi connectivity index (χ2v) is 7.05. The molecule has 0 spiro atoms. The van der Waals surface area contributed by atoms with Gasteiger partial charge in [0.2, 0.25) is 0 Å². The number of nitrogens with zero attached hydrogens (tertiary/aromatic N) is 2. The molecule has 1 amide bonds. The first-order valence-corrected chi connectivity index (χ1v) is 9.20.